The third kappa shape index (κ3) is 3.03. The van der Waals surface area contributed by atoms with Crippen molar-refractivity contribution in [3.8, 4) is 5.75 Å². The summed E-state index contributed by atoms with van der Waals surface area (Å²) in [6, 6.07) is 1.39. The number of phenols is 1. The summed E-state index contributed by atoms with van der Waals surface area (Å²) in [6.45, 7) is 1.60. The van der Waals surface area contributed by atoms with Gasteiger partial charge in [0, 0.05) is 5.92 Å². The Kier molecular flexibility index (Phi) is 5.66. The van der Waals surface area contributed by atoms with Gasteiger partial charge in [0.2, 0.25) is 12.3 Å². The zero-order chi connectivity index (χ0) is 26.1. The molecule has 12 heteroatoms. The van der Waals surface area contributed by atoms with Crippen LogP contribution in [0.15, 0.2) is 12.1 Å². The minimum atomic E-state index is -3.05. The van der Waals surface area contributed by atoms with E-state index in [9.17, 15) is 44.1 Å². The lowest BCUT2D eigenvalue weighted by molar-refractivity contribution is -0.196. The average molecular weight is 487 g/mol. The van der Waals surface area contributed by atoms with Crippen molar-refractivity contribution in [2.75, 3.05) is 19.4 Å². The number of Topliss-reactive ketones (excluding diaryl/α,β-unsaturated/α-hetero) is 4. The van der Waals surface area contributed by atoms with Crippen molar-refractivity contribution in [2.24, 2.45) is 29.4 Å². The first kappa shape index (κ1) is 24.6. The fourth-order valence-electron chi connectivity index (χ4n) is 6.17. The molecule has 1 aromatic rings. The van der Waals surface area contributed by atoms with Crippen LogP contribution in [0.5, 0.6) is 5.75 Å². The number of likely N-dealkylation sites (N-methyl/N-ethyl adjacent to an activating group) is 1. The van der Waals surface area contributed by atoms with Crippen LogP contribution in [0.25, 0.3) is 0 Å². The lowest BCUT2D eigenvalue weighted by atomic mass is 9.49. The number of fused-ring (bicyclic) bond motifs is 3. The zero-order valence-corrected chi connectivity index (χ0v) is 19.1. The first-order chi connectivity index (χ1) is 16.3. The molecular formula is C23H25N3O9. The number of carbonyl (C=O) groups is 6. The molecule has 186 valence electrons. The van der Waals surface area contributed by atoms with Crippen molar-refractivity contribution < 1.29 is 44.1 Å². The van der Waals surface area contributed by atoms with Crippen LogP contribution in [0, 0.1) is 23.7 Å². The second-order valence-corrected chi connectivity index (χ2v) is 9.55. The van der Waals surface area contributed by atoms with Gasteiger partial charge in [0.15, 0.2) is 34.7 Å². The smallest absolute Gasteiger partial charge is 0.235 e. The van der Waals surface area contributed by atoms with E-state index >= 15 is 0 Å². The molecule has 0 radical (unpaired) electrons. The molecule has 35 heavy (non-hydrogen) atoms. The van der Waals surface area contributed by atoms with Crippen molar-refractivity contribution in [3.05, 3.63) is 23.3 Å². The highest BCUT2D eigenvalue weighted by Crippen LogP contribution is 2.54. The van der Waals surface area contributed by atoms with E-state index in [2.05, 4.69) is 5.32 Å². The second-order valence-electron chi connectivity index (χ2n) is 9.55. The molecule has 2 unspecified atom stereocenters. The molecule has 0 aromatic heterocycles. The van der Waals surface area contributed by atoms with Gasteiger partial charge in [0.05, 0.1) is 35.2 Å². The summed E-state index contributed by atoms with van der Waals surface area (Å²) in [5, 5.41) is 35.9. The molecule has 0 spiro atoms. The number of nitrogens with zero attached hydrogens (tertiary/aromatic N) is 1. The van der Waals surface area contributed by atoms with Gasteiger partial charge in [-0.05, 0) is 31.6 Å². The highest BCUT2D eigenvalue weighted by molar-refractivity contribution is 6.32. The molecule has 2 amide bonds. The number of nitrogens with one attached hydrogen (secondary N) is 1. The third-order valence-electron chi connectivity index (χ3n) is 7.70. The van der Waals surface area contributed by atoms with E-state index < -0.39 is 82.1 Å². The van der Waals surface area contributed by atoms with Gasteiger partial charge in [-0.15, -0.1) is 0 Å². The minimum absolute atomic E-state index is 0.0982. The molecule has 0 aliphatic heterocycles. The molecule has 4 rings (SSSR count). The molecule has 6 N–H and O–H groups in total. The molecule has 2 saturated carbocycles. The molecule has 0 heterocycles. The maximum atomic E-state index is 13.8. The van der Waals surface area contributed by atoms with Gasteiger partial charge in [0.25, 0.3) is 0 Å². The first-order valence-electron chi connectivity index (χ1n) is 10.9. The van der Waals surface area contributed by atoms with E-state index in [-0.39, 0.29) is 23.2 Å². The fourth-order valence-corrected chi connectivity index (χ4v) is 6.17. The van der Waals surface area contributed by atoms with E-state index in [0.29, 0.717) is 0 Å². The Bertz CT molecular complexity index is 1190. The van der Waals surface area contributed by atoms with Crippen LogP contribution in [-0.2, 0) is 24.0 Å². The predicted octanol–water partition coefficient (Wildman–Crippen LogP) is -2.03. The van der Waals surface area contributed by atoms with E-state index in [1.807, 2.05) is 0 Å². The van der Waals surface area contributed by atoms with E-state index in [1.165, 1.54) is 31.1 Å². The number of carbonyl (C=O) groups excluding carboxylic acids is 6. The van der Waals surface area contributed by atoms with E-state index in [0.717, 1.165) is 0 Å². The van der Waals surface area contributed by atoms with Crippen LogP contribution in [0.3, 0.4) is 0 Å². The highest BCUT2D eigenvalue weighted by atomic mass is 16.3. The molecule has 8 atom stereocenters. The summed E-state index contributed by atoms with van der Waals surface area (Å²) in [5.41, 5.74) is 2.11. The quantitative estimate of drug-likeness (QED) is 0.179. The maximum absolute atomic E-state index is 13.8. The van der Waals surface area contributed by atoms with Crippen LogP contribution < -0.4 is 11.1 Å². The summed E-state index contributed by atoms with van der Waals surface area (Å²) in [5.74, 6) is -14.1. The number of anilines is 1. The van der Waals surface area contributed by atoms with Crippen molar-refractivity contribution in [3.63, 3.8) is 0 Å². The largest absolute Gasteiger partial charge is 0.505 e. The predicted molar refractivity (Wildman–Crippen MR) is 117 cm³/mol. The monoisotopic (exact) mass is 487 g/mol. The Morgan fingerprint density at radius 1 is 1.17 bits per heavy atom. The molecule has 0 saturated heterocycles. The van der Waals surface area contributed by atoms with Crippen LogP contribution in [-0.4, -0.2) is 87.5 Å². The van der Waals surface area contributed by atoms with Gasteiger partial charge in [-0.3, -0.25) is 33.7 Å². The van der Waals surface area contributed by atoms with Crippen molar-refractivity contribution in [2.45, 2.75) is 30.6 Å². The number of nitrogens with two attached hydrogens (primary N) is 1. The van der Waals surface area contributed by atoms with Gasteiger partial charge >= 0.3 is 0 Å². The average Bonchev–Trinajstić information content (AvgIpc) is 2.77. The van der Waals surface area contributed by atoms with Crippen molar-refractivity contribution in [1.29, 1.82) is 0 Å². The number of phenolic OH excluding ortho intramolecular Hbond substituents is 1. The van der Waals surface area contributed by atoms with Crippen LogP contribution in [0.1, 0.15) is 28.8 Å². The number of benzene rings is 1. The standard InChI is InChI=1S/C23H25N3O9/c1-7-8-4-5-9(25-6-27)16(28)11(8)17(29)12-10(7)18(30)14-15(26(2)3)19(31)13(22(24)34)21(33)23(14,35)20(12)32/h4-7,10,12-15,18,28,30,35H,1-3H3,(H2,24,34)(H,25,27)/t7-,10+,12?,13?,14+,15-,18-,23-/m0/s1. The Labute approximate surface area is 199 Å². The lowest BCUT2D eigenvalue weighted by Crippen LogP contribution is -2.77. The Balaban J connectivity index is 1.95. The highest BCUT2D eigenvalue weighted by Gasteiger charge is 2.72. The SMILES string of the molecule is C[C@H]1c2ccc(NC=O)c(O)c2C(=O)C2C(=O)[C@]3(O)C(=O)C(C(N)=O)C(=O)[C@@H](N(C)C)[C@@H]3[C@@H](O)[C@@H]21. The summed E-state index contributed by atoms with van der Waals surface area (Å²) < 4.78 is 0. The zero-order valence-electron chi connectivity index (χ0n) is 19.1. The molecule has 1 aromatic carbocycles. The Morgan fingerprint density at radius 3 is 2.34 bits per heavy atom. The van der Waals surface area contributed by atoms with Crippen LogP contribution in [0.2, 0.25) is 0 Å². The third-order valence-corrected chi connectivity index (χ3v) is 7.70. The number of aromatic hydroxyl groups is 1. The number of aliphatic hydroxyl groups excluding tert-OH is 1. The Morgan fingerprint density at radius 2 is 1.80 bits per heavy atom. The summed E-state index contributed by atoms with van der Waals surface area (Å²) in [6.07, 6.45) is -1.41. The summed E-state index contributed by atoms with van der Waals surface area (Å²) >= 11 is 0. The van der Waals surface area contributed by atoms with Crippen LogP contribution >= 0.6 is 0 Å². The molecule has 3 aliphatic carbocycles. The van der Waals surface area contributed by atoms with Gasteiger partial charge < -0.3 is 26.4 Å². The number of primary amides is 1. The summed E-state index contributed by atoms with van der Waals surface area (Å²) in [4.78, 5) is 77.8. The summed E-state index contributed by atoms with van der Waals surface area (Å²) in [7, 11) is 2.84. The molecule has 2 fully saturated rings. The normalized spacial score (nSPS) is 36.3. The molecule has 3 aliphatic rings. The maximum Gasteiger partial charge on any atom is 0.235 e. The molecular weight excluding hydrogens is 462 g/mol. The number of aliphatic hydroxyl groups is 2. The number of hydrogen-bond acceptors (Lipinski definition) is 10. The molecule has 0 bridgehead atoms. The van der Waals surface area contributed by atoms with E-state index in [1.54, 1.807) is 6.92 Å². The minimum Gasteiger partial charge on any atom is -0.505 e. The van der Waals surface area contributed by atoms with Crippen molar-refractivity contribution >= 4 is 41.1 Å². The fraction of sp³-hybridized carbons (Fsp3) is 0.478. The van der Waals surface area contributed by atoms with Gasteiger partial charge in [0.1, 0.15) is 5.75 Å². The number of hydrogen-bond donors (Lipinski definition) is 5. The number of rotatable bonds is 4. The van der Waals surface area contributed by atoms with Gasteiger partial charge in [-0.1, -0.05) is 13.0 Å². The number of amides is 2. The molecule has 12 nitrogen and oxygen atoms in total. The second kappa shape index (κ2) is 8.04. The lowest BCUT2D eigenvalue weighted by Gasteiger charge is -2.56. The Hall–Kier alpha value is -3.48. The van der Waals surface area contributed by atoms with Crippen molar-refractivity contribution in [1.82, 2.24) is 4.90 Å². The first-order valence-corrected chi connectivity index (χ1v) is 10.9. The van der Waals surface area contributed by atoms with Gasteiger partial charge in [-0.2, -0.15) is 0 Å². The van der Waals surface area contributed by atoms with Crippen LogP contribution in [0.4, 0.5) is 5.69 Å². The van der Waals surface area contributed by atoms with E-state index in [4.69, 9.17) is 5.73 Å². The van der Waals surface area contributed by atoms with Gasteiger partial charge in [-0.25, -0.2) is 0 Å². The topological polar surface area (TPSA) is 204 Å². The number of ketones is 4.